The van der Waals surface area contributed by atoms with E-state index in [1.54, 1.807) is 0 Å². The Bertz CT molecular complexity index is 204. The monoisotopic (exact) mass is 266 g/mol. The molecule has 0 aromatic heterocycles. The average Bonchev–Trinajstić information content (AvgIpc) is 2.64. The number of carbonyl (C=O) groups is 1. The van der Waals surface area contributed by atoms with Crippen LogP contribution in [0.2, 0.25) is 0 Å². The summed E-state index contributed by atoms with van der Waals surface area (Å²) in [7, 11) is 0. The predicted octanol–water partition coefficient (Wildman–Crippen LogP) is 1.15. The minimum Gasteiger partial charge on any atom is -0.396 e. The van der Waals surface area contributed by atoms with Crippen molar-refractivity contribution < 1.29 is 9.90 Å². The second-order valence-corrected chi connectivity index (χ2v) is 5.27. The molecule has 1 N–H and O–H groups in total. The molecule has 0 amide bonds. The summed E-state index contributed by atoms with van der Waals surface area (Å²) in [6, 6.07) is 0. The first kappa shape index (κ1) is 7.98. The number of rotatable bonds is 1. The zero-order chi connectivity index (χ0) is 8.06. The van der Waals surface area contributed by atoms with E-state index in [0.717, 1.165) is 12.8 Å². The van der Waals surface area contributed by atoms with Crippen LogP contribution < -0.4 is 0 Å². The molecule has 0 aromatic carbocycles. The van der Waals surface area contributed by atoms with Crippen LogP contribution in [0.3, 0.4) is 0 Å². The summed E-state index contributed by atoms with van der Waals surface area (Å²) in [4.78, 5) is 11.2. The van der Waals surface area contributed by atoms with E-state index in [-0.39, 0.29) is 15.9 Å². The Labute approximate surface area is 79.5 Å². The van der Waals surface area contributed by atoms with Gasteiger partial charge in [-0.15, -0.1) is 0 Å². The maximum absolute atomic E-state index is 11.2. The van der Waals surface area contributed by atoms with Crippen molar-refractivity contribution in [3.8, 4) is 0 Å². The molecule has 0 aliphatic heterocycles. The van der Waals surface area contributed by atoms with Crippen molar-refractivity contribution in [1.82, 2.24) is 0 Å². The van der Waals surface area contributed by atoms with Crippen molar-refractivity contribution in [3.63, 3.8) is 0 Å². The summed E-state index contributed by atoms with van der Waals surface area (Å²) in [6.07, 6.45) is 2.70. The van der Waals surface area contributed by atoms with Crippen LogP contribution in [-0.2, 0) is 4.79 Å². The first-order valence-corrected chi connectivity index (χ1v) is 5.20. The van der Waals surface area contributed by atoms with Gasteiger partial charge in [0, 0.05) is 13.0 Å². The highest BCUT2D eigenvalue weighted by molar-refractivity contribution is 14.1. The molecule has 62 valence electrons. The van der Waals surface area contributed by atoms with Gasteiger partial charge in [0.15, 0.2) is 0 Å². The molecule has 0 saturated heterocycles. The molecular weight excluding hydrogens is 255 g/mol. The van der Waals surface area contributed by atoms with Crippen LogP contribution in [0.15, 0.2) is 0 Å². The van der Waals surface area contributed by atoms with Gasteiger partial charge in [-0.05, 0) is 24.2 Å². The number of aliphatic hydroxyl groups is 1. The lowest BCUT2D eigenvalue weighted by Gasteiger charge is -2.22. The normalized spacial score (nSPS) is 48.7. The average molecular weight is 266 g/mol. The zero-order valence-corrected chi connectivity index (χ0v) is 8.37. The van der Waals surface area contributed by atoms with Crippen molar-refractivity contribution in [2.45, 2.75) is 23.2 Å². The fourth-order valence-corrected chi connectivity index (χ4v) is 3.20. The molecule has 0 aromatic rings. The van der Waals surface area contributed by atoms with Crippen LogP contribution in [0.1, 0.15) is 19.3 Å². The van der Waals surface area contributed by atoms with Gasteiger partial charge in [-0.3, -0.25) is 4.79 Å². The van der Waals surface area contributed by atoms with Gasteiger partial charge >= 0.3 is 0 Å². The lowest BCUT2D eigenvalue weighted by molar-refractivity contribution is -0.120. The molecule has 2 rings (SSSR count). The van der Waals surface area contributed by atoms with Gasteiger partial charge in [0.25, 0.3) is 0 Å². The smallest absolute Gasteiger partial charge is 0.145 e. The van der Waals surface area contributed by atoms with Gasteiger partial charge in [0.1, 0.15) is 5.78 Å². The predicted molar refractivity (Wildman–Crippen MR) is 49.7 cm³/mol. The van der Waals surface area contributed by atoms with Crippen molar-refractivity contribution in [2.24, 2.45) is 11.3 Å². The van der Waals surface area contributed by atoms with Crippen LogP contribution in [0.5, 0.6) is 0 Å². The first-order valence-electron chi connectivity index (χ1n) is 3.95. The van der Waals surface area contributed by atoms with E-state index < -0.39 is 0 Å². The molecule has 11 heavy (non-hydrogen) atoms. The molecule has 2 nitrogen and oxygen atoms in total. The number of alkyl halides is 1. The van der Waals surface area contributed by atoms with E-state index in [1.807, 2.05) is 0 Å². The van der Waals surface area contributed by atoms with Crippen LogP contribution >= 0.6 is 22.6 Å². The fraction of sp³-hybridized carbons (Fsp3) is 0.875. The van der Waals surface area contributed by atoms with E-state index in [2.05, 4.69) is 22.6 Å². The summed E-state index contributed by atoms with van der Waals surface area (Å²) in [5.41, 5.74) is 0.166. The highest BCUT2D eigenvalue weighted by atomic mass is 127. The SMILES string of the molecule is O=C1CC2CC2(CO)CC1I. The number of hydrogen-bond acceptors (Lipinski definition) is 2. The first-order chi connectivity index (χ1) is 5.18. The third kappa shape index (κ3) is 1.13. The van der Waals surface area contributed by atoms with Gasteiger partial charge in [0.2, 0.25) is 0 Å². The number of carbonyl (C=O) groups excluding carboxylic acids is 1. The Morgan fingerprint density at radius 3 is 3.00 bits per heavy atom. The Balaban J connectivity index is 2.10. The third-order valence-corrected chi connectivity index (χ3v) is 4.19. The van der Waals surface area contributed by atoms with E-state index in [4.69, 9.17) is 5.11 Å². The Morgan fingerprint density at radius 1 is 1.64 bits per heavy atom. The highest BCUT2D eigenvalue weighted by Crippen LogP contribution is 2.61. The summed E-state index contributed by atoms with van der Waals surface area (Å²) in [5, 5.41) is 9.08. The van der Waals surface area contributed by atoms with Crippen LogP contribution in [0.4, 0.5) is 0 Å². The second-order valence-electron chi connectivity index (χ2n) is 3.76. The van der Waals surface area contributed by atoms with Crippen molar-refractivity contribution in [3.05, 3.63) is 0 Å². The second kappa shape index (κ2) is 2.42. The number of ketones is 1. The van der Waals surface area contributed by atoms with E-state index in [1.165, 1.54) is 0 Å². The quantitative estimate of drug-likeness (QED) is 0.571. The van der Waals surface area contributed by atoms with Gasteiger partial charge in [-0.2, -0.15) is 0 Å². The summed E-state index contributed by atoms with van der Waals surface area (Å²) >= 11 is 2.20. The van der Waals surface area contributed by atoms with Gasteiger partial charge in [-0.1, -0.05) is 22.6 Å². The lowest BCUT2D eigenvalue weighted by Crippen LogP contribution is -2.28. The third-order valence-electron chi connectivity index (χ3n) is 3.06. The lowest BCUT2D eigenvalue weighted by atomic mass is 9.88. The van der Waals surface area contributed by atoms with Crippen LogP contribution in [0, 0.1) is 11.3 Å². The van der Waals surface area contributed by atoms with Crippen LogP contribution in [-0.4, -0.2) is 21.4 Å². The summed E-state index contributed by atoms with van der Waals surface area (Å²) in [5.74, 6) is 0.906. The molecule has 2 fully saturated rings. The van der Waals surface area contributed by atoms with Gasteiger partial charge in [-0.25, -0.2) is 0 Å². The molecule has 0 radical (unpaired) electrons. The number of Topliss-reactive ketones (excluding diaryl/α,β-unsaturated/α-hetero) is 1. The largest absolute Gasteiger partial charge is 0.396 e. The number of aliphatic hydroxyl groups excluding tert-OH is 1. The molecular formula is C8H11IO2. The number of fused-ring (bicyclic) bond motifs is 1. The van der Waals surface area contributed by atoms with E-state index >= 15 is 0 Å². The molecule has 0 bridgehead atoms. The van der Waals surface area contributed by atoms with E-state index in [9.17, 15) is 4.79 Å². The molecule has 3 atom stereocenters. The Kier molecular flexibility index (Phi) is 1.76. The molecule has 0 spiro atoms. The zero-order valence-electron chi connectivity index (χ0n) is 6.22. The highest BCUT2D eigenvalue weighted by Gasteiger charge is 2.58. The van der Waals surface area contributed by atoms with Crippen molar-refractivity contribution in [2.75, 3.05) is 6.61 Å². The maximum Gasteiger partial charge on any atom is 0.145 e. The molecule has 3 unspecified atom stereocenters. The molecule has 2 saturated carbocycles. The van der Waals surface area contributed by atoms with Gasteiger partial charge < -0.3 is 5.11 Å². The standard InChI is InChI=1S/C8H11IO2/c9-6-3-8(4-10)2-5(8)1-7(6)11/h5-6,10H,1-4H2. The van der Waals surface area contributed by atoms with E-state index in [0.29, 0.717) is 18.1 Å². The van der Waals surface area contributed by atoms with Crippen LogP contribution in [0.25, 0.3) is 0 Å². The van der Waals surface area contributed by atoms with Crippen molar-refractivity contribution in [1.29, 1.82) is 0 Å². The molecule has 2 aliphatic carbocycles. The molecule has 0 heterocycles. The fourth-order valence-electron chi connectivity index (χ4n) is 2.07. The minimum absolute atomic E-state index is 0.165. The number of hydrogen-bond donors (Lipinski definition) is 1. The molecule has 2 aliphatic rings. The molecule has 3 heteroatoms. The topological polar surface area (TPSA) is 37.3 Å². The van der Waals surface area contributed by atoms with Crippen molar-refractivity contribution >= 4 is 28.4 Å². The Morgan fingerprint density at radius 2 is 2.36 bits per heavy atom. The summed E-state index contributed by atoms with van der Waals surface area (Å²) < 4.78 is 0.165. The maximum atomic E-state index is 11.2. The van der Waals surface area contributed by atoms with Gasteiger partial charge in [0.05, 0.1) is 3.92 Å². The number of halogens is 1. The summed E-state index contributed by atoms with van der Waals surface area (Å²) in [6.45, 7) is 0.282. The Hall–Kier alpha value is 0.360. The minimum atomic E-state index is 0.165.